The van der Waals surface area contributed by atoms with Gasteiger partial charge in [0.1, 0.15) is 46.5 Å². The van der Waals surface area contributed by atoms with Gasteiger partial charge >= 0.3 is 0 Å². The van der Waals surface area contributed by atoms with Crippen molar-refractivity contribution in [2.24, 2.45) is 40.0 Å². The summed E-state index contributed by atoms with van der Waals surface area (Å²) in [6, 6.07) is 95.0. The molecule has 12 aromatic carbocycles. The quantitative estimate of drug-likeness (QED) is 0.0863. The first-order valence-electron chi connectivity index (χ1n) is 41.9. The van der Waals surface area contributed by atoms with Gasteiger partial charge < -0.3 is 0 Å². The van der Waals surface area contributed by atoms with E-state index in [2.05, 4.69) is 448 Å². The summed E-state index contributed by atoms with van der Waals surface area (Å²) >= 11 is 0. The van der Waals surface area contributed by atoms with Gasteiger partial charge in [-0.15, -0.1) is 0 Å². The Morgan fingerprint density at radius 2 is 0.759 bits per heavy atom. The van der Waals surface area contributed by atoms with Crippen LogP contribution in [0.4, 0.5) is 0 Å². The Morgan fingerprint density at radius 3 is 1.30 bits per heavy atom. The smallest absolute Gasteiger partial charge is 0.232 e. The highest BCUT2D eigenvalue weighted by Gasteiger charge is 2.33. The number of aromatic nitrogens is 8. The van der Waals surface area contributed by atoms with Crippen LogP contribution in [0.15, 0.2) is 279 Å². The molecule has 0 bridgehead atoms. The molecule has 19 rings (SSSR count). The van der Waals surface area contributed by atoms with Crippen LogP contribution in [0.25, 0.3) is 144 Å². The zero-order valence-electron chi connectivity index (χ0n) is 71.4. The average molecular weight is 1520 g/mol. The molecule has 0 aliphatic carbocycles. The number of benzene rings is 12. The molecule has 0 saturated carbocycles. The minimum absolute atomic E-state index is 0.433. The molecule has 0 saturated heterocycles. The number of hydrogen-bond donors (Lipinski definition) is 0. The number of rotatable bonds is 12. The van der Waals surface area contributed by atoms with E-state index < -0.39 is 0 Å². The van der Waals surface area contributed by atoms with E-state index in [9.17, 15) is 0 Å². The van der Waals surface area contributed by atoms with Crippen LogP contribution in [0, 0.1) is 46.5 Å². The standard InChI is InChI=1S/C31H35N2.C30H29N2.C29H31N2.C18H17N2/c1-20(2)17-23-12-10-13-24(18-21(3)4)30(23)28-19-32(6)31-29-22(5)11-9-15-26(29)25-14-7-8-16-27(25)33(28)31;1-21(2)25-15-10-11-17-27(25)32-28-19-18-24(23-13-6-5-7-14-23)20-29(28)31(4)30(32)26-16-9-8-12-22(26)3;1-18(2)21-13-10-14-22(19(3)4)28(21)26-17-30(6)29-27-20(5)11-9-15-24(27)23-12-7-8-16-25(23)31(26)29;1-12-7-6-9-15-14-8-4-5-10-16(14)20-11-13(2)19(3)18(20)17(12)15/h7-16,19-21H,17-18H2,1-6H3;5-21H,1-4H3;7-19H,1-6H3;4-11H,1-3H3/q4*+1. The molecular weight excluding hydrogens is 1410 g/mol. The first kappa shape index (κ1) is 77.7. The number of aryl methyl sites for hydroxylation is 9. The molecule has 0 aliphatic rings. The summed E-state index contributed by atoms with van der Waals surface area (Å²) in [6.07, 6.45) is 9.09. The van der Waals surface area contributed by atoms with Gasteiger partial charge in [0.05, 0.1) is 49.9 Å². The molecule has 7 aromatic heterocycles. The Hall–Kier alpha value is -12.3. The highest BCUT2D eigenvalue weighted by Crippen LogP contribution is 2.43. The SMILES string of the molecule is Cc1cccc2c3ccccc3[n+]3cc(C)n(C)c3c12.Cc1cccc2c3ccccc3n3c(-c4c(C(C)C)cccc4C(C)C)c[n+](C)c3c12.Cc1cccc2c3ccccc3n3c(-c4c(CC(C)C)cccc4CC(C)C)c[n+](C)c3c12.Cc1ccccc1-c1n(C)c2cc(-c3ccccc3)ccc2[n+]1-c1ccccc1C(C)C. The zero-order chi connectivity index (χ0) is 81.2. The fourth-order valence-electron chi connectivity index (χ4n) is 18.7. The average Bonchev–Trinajstić information content (AvgIpc) is 1.53. The number of nitrogens with zero attached hydrogens (tertiary/aromatic N) is 8. The van der Waals surface area contributed by atoms with Gasteiger partial charge in [-0.3, -0.25) is 0 Å². The minimum Gasteiger partial charge on any atom is -0.232 e. The van der Waals surface area contributed by atoms with Gasteiger partial charge in [0, 0.05) is 55.9 Å². The lowest BCUT2D eigenvalue weighted by Crippen LogP contribution is -2.34. The van der Waals surface area contributed by atoms with Crippen LogP contribution < -0.4 is 18.1 Å². The molecule has 116 heavy (non-hydrogen) atoms. The van der Waals surface area contributed by atoms with Crippen LogP contribution >= 0.6 is 0 Å². The van der Waals surface area contributed by atoms with Crippen LogP contribution in [0.5, 0.6) is 0 Å². The van der Waals surface area contributed by atoms with Crippen LogP contribution in [-0.4, -0.2) is 17.9 Å². The lowest BCUT2D eigenvalue weighted by molar-refractivity contribution is -0.643. The van der Waals surface area contributed by atoms with E-state index in [4.69, 9.17) is 0 Å². The number of para-hydroxylation sites is 4. The third-order valence-electron chi connectivity index (χ3n) is 24.2. The van der Waals surface area contributed by atoms with E-state index in [1.54, 1.807) is 0 Å². The maximum Gasteiger partial charge on any atom is 0.295 e. The predicted octanol–water partition coefficient (Wildman–Crippen LogP) is 25.6. The van der Waals surface area contributed by atoms with Crippen molar-refractivity contribution in [3.63, 3.8) is 0 Å². The molecule has 0 N–H and O–H groups in total. The van der Waals surface area contributed by atoms with E-state index >= 15 is 0 Å². The van der Waals surface area contributed by atoms with Crippen molar-refractivity contribution >= 4 is 93.0 Å². The zero-order valence-corrected chi connectivity index (χ0v) is 71.4. The number of pyridine rings is 3. The summed E-state index contributed by atoms with van der Waals surface area (Å²) < 4.78 is 19.1. The third kappa shape index (κ3) is 13.8. The third-order valence-corrected chi connectivity index (χ3v) is 24.2. The predicted molar refractivity (Wildman–Crippen MR) is 490 cm³/mol. The van der Waals surface area contributed by atoms with Crippen LogP contribution in [0.3, 0.4) is 0 Å². The van der Waals surface area contributed by atoms with Crippen molar-refractivity contribution in [2.75, 3.05) is 0 Å². The van der Waals surface area contributed by atoms with Crippen molar-refractivity contribution in [1.29, 1.82) is 0 Å². The Morgan fingerprint density at radius 1 is 0.328 bits per heavy atom. The van der Waals surface area contributed by atoms with Crippen molar-refractivity contribution in [2.45, 2.75) is 134 Å². The summed E-state index contributed by atoms with van der Waals surface area (Å²) in [4.78, 5) is 0. The number of imidazole rings is 4. The Balaban J connectivity index is 0.000000118. The van der Waals surface area contributed by atoms with Crippen LogP contribution in [0.1, 0.15) is 143 Å². The maximum atomic E-state index is 2.52. The maximum absolute atomic E-state index is 2.52. The number of hydrogen-bond acceptors (Lipinski definition) is 0. The fourth-order valence-corrected chi connectivity index (χ4v) is 18.7. The highest BCUT2D eigenvalue weighted by molar-refractivity contribution is 6.15. The van der Waals surface area contributed by atoms with Gasteiger partial charge in [0.15, 0.2) is 22.4 Å². The lowest BCUT2D eigenvalue weighted by Gasteiger charge is -2.18. The van der Waals surface area contributed by atoms with Crippen LogP contribution in [0.2, 0.25) is 0 Å². The summed E-state index contributed by atoms with van der Waals surface area (Å²) in [5.74, 6) is 3.77. The second-order valence-electron chi connectivity index (χ2n) is 34.2. The second kappa shape index (κ2) is 31.8. The van der Waals surface area contributed by atoms with Crippen molar-refractivity contribution in [3.05, 3.63) is 335 Å². The van der Waals surface area contributed by atoms with E-state index in [0.717, 1.165) is 12.8 Å². The first-order chi connectivity index (χ1) is 56.0. The van der Waals surface area contributed by atoms with Crippen molar-refractivity contribution < 1.29 is 18.1 Å². The van der Waals surface area contributed by atoms with Crippen LogP contribution in [-0.2, 0) is 41.0 Å². The van der Waals surface area contributed by atoms with Crippen molar-refractivity contribution in [3.8, 4) is 50.7 Å². The summed E-state index contributed by atoms with van der Waals surface area (Å²) in [5.41, 5.74) is 34.0. The monoisotopic (exact) mass is 1520 g/mol. The molecule has 8 nitrogen and oxygen atoms in total. The Kier molecular flexibility index (Phi) is 21.3. The Labute approximate surface area is 685 Å². The molecule has 0 fully saturated rings. The molecular formula is C108H112N8+4. The molecule has 19 aromatic rings. The van der Waals surface area contributed by atoms with E-state index in [-0.39, 0.29) is 0 Å². The number of fused-ring (bicyclic) bond motifs is 19. The molecule has 0 amide bonds. The van der Waals surface area contributed by atoms with Gasteiger partial charge in [0.2, 0.25) is 0 Å². The molecule has 7 heterocycles. The summed E-state index contributed by atoms with van der Waals surface area (Å²) in [6.45, 7) is 34.0. The van der Waals surface area contributed by atoms with Gasteiger partial charge in [-0.2, -0.15) is 17.8 Å². The summed E-state index contributed by atoms with van der Waals surface area (Å²) in [7, 11) is 8.72. The largest absolute Gasteiger partial charge is 0.295 e. The topological polar surface area (TPSA) is 34.4 Å². The molecule has 0 radical (unpaired) electrons. The fraction of sp³-hybridized carbons (Fsp3) is 0.241. The van der Waals surface area contributed by atoms with E-state index in [1.165, 1.54) is 199 Å². The molecule has 8 heteroatoms. The van der Waals surface area contributed by atoms with Crippen molar-refractivity contribution in [1.82, 2.24) is 17.9 Å². The lowest BCUT2D eigenvalue weighted by atomic mass is 9.87. The van der Waals surface area contributed by atoms with Gasteiger partial charge in [-0.25, -0.2) is 18.3 Å². The van der Waals surface area contributed by atoms with Gasteiger partial charge in [-0.1, -0.05) is 282 Å². The normalized spacial score (nSPS) is 11.9. The minimum atomic E-state index is 0.433. The van der Waals surface area contributed by atoms with Gasteiger partial charge in [0.25, 0.3) is 22.8 Å². The van der Waals surface area contributed by atoms with E-state index in [1.807, 2.05) is 0 Å². The van der Waals surface area contributed by atoms with E-state index in [0.29, 0.717) is 29.6 Å². The molecule has 580 valence electrons. The molecule has 0 aliphatic heterocycles. The molecule has 0 spiro atoms. The molecule has 0 unspecified atom stereocenters. The highest BCUT2D eigenvalue weighted by atomic mass is 15.2. The Bertz CT molecular complexity index is 6930. The van der Waals surface area contributed by atoms with Gasteiger partial charge in [-0.05, 0) is 174 Å². The molecule has 0 atom stereocenters. The summed E-state index contributed by atoms with van der Waals surface area (Å²) in [5, 5.41) is 11.9. The second-order valence-corrected chi connectivity index (χ2v) is 34.2. The first-order valence-corrected chi connectivity index (χ1v) is 41.9.